The summed E-state index contributed by atoms with van der Waals surface area (Å²) in [4.78, 5) is 2.23. The van der Waals surface area contributed by atoms with Crippen LogP contribution < -0.4 is 19.5 Å². The highest BCUT2D eigenvalue weighted by Gasteiger charge is 2.13. The second kappa shape index (κ2) is 9.69. The minimum atomic E-state index is 0. The summed E-state index contributed by atoms with van der Waals surface area (Å²) in [7, 11) is 8.91. The van der Waals surface area contributed by atoms with E-state index in [0.717, 1.165) is 25.2 Å². The van der Waals surface area contributed by atoms with Gasteiger partial charge < -0.3 is 24.4 Å². The molecule has 0 aliphatic rings. The largest absolute Gasteiger partial charge is 0.493 e. The van der Waals surface area contributed by atoms with Gasteiger partial charge in [0, 0.05) is 19.6 Å². The molecular formula is C14H25ClN2O3. The molecule has 0 fully saturated rings. The first-order valence-corrected chi connectivity index (χ1v) is 6.28. The normalized spacial score (nSPS) is 10.1. The van der Waals surface area contributed by atoms with Crippen molar-refractivity contribution in [2.24, 2.45) is 0 Å². The molecule has 6 heteroatoms. The fourth-order valence-electron chi connectivity index (χ4n) is 1.92. The van der Waals surface area contributed by atoms with Gasteiger partial charge >= 0.3 is 0 Å². The highest BCUT2D eigenvalue weighted by atomic mass is 35.5. The van der Waals surface area contributed by atoms with Crippen LogP contribution in [0.4, 0.5) is 0 Å². The monoisotopic (exact) mass is 304 g/mol. The minimum absolute atomic E-state index is 0. The average molecular weight is 305 g/mol. The maximum atomic E-state index is 5.35. The molecule has 0 radical (unpaired) electrons. The molecule has 0 saturated carbocycles. The second-order valence-electron chi connectivity index (χ2n) is 4.37. The lowest BCUT2D eigenvalue weighted by molar-refractivity contribution is 0.313. The van der Waals surface area contributed by atoms with Gasteiger partial charge in [0.05, 0.1) is 21.3 Å². The van der Waals surface area contributed by atoms with Crippen molar-refractivity contribution < 1.29 is 14.2 Å². The van der Waals surface area contributed by atoms with Gasteiger partial charge in [-0.05, 0) is 31.8 Å². The number of nitrogens with zero attached hydrogens (tertiary/aromatic N) is 1. The summed E-state index contributed by atoms with van der Waals surface area (Å²) in [6.45, 7) is 2.77. The van der Waals surface area contributed by atoms with Crippen LogP contribution in [0.1, 0.15) is 5.56 Å². The molecule has 116 valence electrons. The van der Waals surface area contributed by atoms with E-state index in [1.165, 1.54) is 0 Å². The summed E-state index contributed by atoms with van der Waals surface area (Å²) in [6.07, 6.45) is 0. The maximum absolute atomic E-state index is 5.35. The Balaban J connectivity index is 0.00000361. The minimum Gasteiger partial charge on any atom is -0.493 e. The highest BCUT2D eigenvalue weighted by Crippen LogP contribution is 2.38. The highest BCUT2D eigenvalue weighted by molar-refractivity contribution is 5.85. The van der Waals surface area contributed by atoms with Gasteiger partial charge in [-0.25, -0.2) is 0 Å². The summed E-state index contributed by atoms with van der Waals surface area (Å²) in [6, 6.07) is 3.97. The Morgan fingerprint density at radius 2 is 1.60 bits per heavy atom. The molecule has 1 aromatic rings. The second-order valence-corrected chi connectivity index (χ2v) is 4.37. The van der Waals surface area contributed by atoms with Crippen molar-refractivity contribution in [3.05, 3.63) is 17.7 Å². The Bertz CT molecular complexity index is 377. The molecule has 1 rings (SSSR count). The summed E-state index contributed by atoms with van der Waals surface area (Å²) < 4.78 is 16.0. The molecule has 0 amide bonds. The predicted molar refractivity (Wildman–Crippen MR) is 83.6 cm³/mol. The summed E-state index contributed by atoms with van der Waals surface area (Å²) >= 11 is 0. The Kier molecular flexibility index (Phi) is 9.12. The van der Waals surface area contributed by atoms with Gasteiger partial charge in [-0.2, -0.15) is 0 Å². The molecule has 0 aliphatic carbocycles. The number of hydrogen-bond acceptors (Lipinski definition) is 5. The van der Waals surface area contributed by atoms with Crippen LogP contribution in [-0.2, 0) is 6.54 Å². The average Bonchev–Trinajstić information content (AvgIpc) is 2.43. The van der Waals surface area contributed by atoms with E-state index in [1.54, 1.807) is 21.3 Å². The fraction of sp³-hybridized carbons (Fsp3) is 0.571. The Morgan fingerprint density at radius 1 is 1.05 bits per heavy atom. The van der Waals surface area contributed by atoms with E-state index in [9.17, 15) is 0 Å². The first kappa shape index (κ1) is 18.8. The number of halogens is 1. The standard InChI is InChI=1S/C14H24N2O3.ClH/c1-15-6-7-16(2)10-11-8-12(17-3)14(19-5)13(9-11)18-4;/h8-9,15H,6-7,10H2,1-5H3;1H. The number of nitrogens with one attached hydrogen (secondary N) is 1. The first-order chi connectivity index (χ1) is 9.15. The molecule has 5 nitrogen and oxygen atoms in total. The molecule has 0 heterocycles. The van der Waals surface area contributed by atoms with Crippen LogP contribution in [0.2, 0.25) is 0 Å². The van der Waals surface area contributed by atoms with Crippen molar-refractivity contribution in [1.82, 2.24) is 10.2 Å². The molecule has 0 aromatic heterocycles. The smallest absolute Gasteiger partial charge is 0.203 e. The van der Waals surface area contributed by atoms with E-state index in [0.29, 0.717) is 17.2 Å². The zero-order valence-electron chi connectivity index (χ0n) is 12.9. The predicted octanol–water partition coefficient (Wildman–Crippen LogP) is 1.79. The van der Waals surface area contributed by atoms with Crippen molar-refractivity contribution in [3.8, 4) is 17.2 Å². The quantitative estimate of drug-likeness (QED) is 0.793. The van der Waals surface area contributed by atoms with Gasteiger partial charge in [-0.3, -0.25) is 0 Å². The van der Waals surface area contributed by atoms with Crippen LogP contribution in [0.5, 0.6) is 17.2 Å². The third-order valence-corrected chi connectivity index (χ3v) is 2.92. The molecule has 0 atom stereocenters. The Labute approximate surface area is 127 Å². The van der Waals surface area contributed by atoms with Crippen LogP contribution in [0.15, 0.2) is 12.1 Å². The SMILES string of the molecule is CNCCN(C)Cc1cc(OC)c(OC)c(OC)c1.Cl. The number of likely N-dealkylation sites (N-methyl/N-ethyl adjacent to an activating group) is 2. The summed E-state index contributed by atoms with van der Waals surface area (Å²) in [5.74, 6) is 2.02. The zero-order chi connectivity index (χ0) is 14.3. The first-order valence-electron chi connectivity index (χ1n) is 6.28. The van der Waals surface area contributed by atoms with Crippen molar-refractivity contribution >= 4 is 12.4 Å². The lowest BCUT2D eigenvalue weighted by Crippen LogP contribution is -2.26. The summed E-state index contributed by atoms with van der Waals surface area (Å²) in [5.41, 5.74) is 1.13. The van der Waals surface area contributed by atoms with Crippen LogP contribution >= 0.6 is 12.4 Å². The topological polar surface area (TPSA) is 43.0 Å². The molecule has 0 bridgehead atoms. The van der Waals surface area contributed by atoms with E-state index in [2.05, 4.69) is 17.3 Å². The van der Waals surface area contributed by atoms with Gasteiger partial charge in [0.2, 0.25) is 5.75 Å². The van der Waals surface area contributed by atoms with Gasteiger partial charge in [0.25, 0.3) is 0 Å². The van der Waals surface area contributed by atoms with Crippen LogP contribution in [0.3, 0.4) is 0 Å². The summed E-state index contributed by atoms with van der Waals surface area (Å²) in [5, 5.41) is 3.14. The molecule has 20 heavy (non-hydrogen) atoms. The number of rotatable bonds is 8. The van der Waals surface area contributed by atoms with Crippen molar-refractivity contribution in [1.29, 1.82) is 0 Å². The van der Waals surface area contributed by atoms with E-state index < -0.39 is 0 Å². The molecular weight excluding hydrogens is 280 g/mol. The van der Waals surface area contributed by atoms with E-state index in [4.69, 9.17) is 14.2 Å². The van der Waals surface area contributed by atoms with E-state index in [-0.39, 0.29) is 12.4 Å². The van der Waals surface area contributed by atoms with Crippen LogP contribution in [-0.4, -0.2) is 53.4 Å². The number of ether oxygens (including phenoxy) is 3. The number of hydrogen-bond donors (Lipinski definition) is 1. The third kappa shape index (κ3) is 5.07. The van der Waals surface area contributed by atoms with Gasteiger partial charge in [-0.1, -0.05) is 0 Å². The maximum Gasteiger partial charge on any atom is 0.203 e. The van der Waals surface area contributed by atoms with Gasteiger partial charge in [0.15, 0.2) is 11.5 Å². The lowest BCUT2D eigenvalue weighted by Gasteiger charge is -2.19. The number of benzene rings is 1. The molecule has 0 unspecified atom stereocenters. The molecule has 0 saturated heterocycles. The molecule has 1 N–H and O–H groups in total. The molecule has 0 spiro atoms. The van der Waals surface area contributed by atoms with E-state index >= 15 is 0 Å². The van der Waals surface area contributed by atoms with Crippen molar-refractivity contribution in [2.75, 3.05) is 48.5 Å². The van der Waals surface area contributed by atoms with Gasteiger partial charge in [-0.15, -0.1) is 12.4 Å². The van der Waals surface area contributed by atoms with Crippen molar-refractivity contribution in [3.63, 3.8) is 0 Å². The molecule has 1 aromatic carbocycles. The van der Waals surface area contributed by atoms with Crippen LogP contribution in [0, 0.1) is 0 Å². The van der Waals surface area contributed by atoms with Crippen molar-refractivity contribution in [2.45, 2.75) is 6.54 Å². The third-order valence-electron chi connectivity index (χ3n) is 2.92. The zero-order valence-corrected chi connectivity index (χ0v) is 13.7. The molecule has 0 aliphatic heterocycles. The Hall–Kier alpha value is -1.17. The van der Waals surface area contributed by atoms with Gasteiger partial charge in [0.1, 0.15) is 0 Å². The fourth-order valence-corrected chi connectivity index (χ4v) is 1.92. The van der Waals surface area contributed by atoms with E-state index in [1.807, 2.05) is 19.2 Å². The lowest BCUT2D eigenvalue weighted by atomic mass is 10.1. The van der Waals surface area contributed by atoms with Crippen LogP contribution in [0.25, 0.3) is 0 Å². The number of methoxy groups -OCH3 is 3. The Morgan fingerprint density at radius 3 is 2.00 bits per heavy atom.